The molecule has 0 amide bonds. The molecule has 0 radical (unpaired) electrons. The van der Waals surface area contributed by atoms with Crippen LogP contribution in [0.4, 0.5) is 0 Å². The molecule has 0 spiro atoms. The third-order valence-corrected chi connectivity index (χ3v) is 5.22. The van der Waals surface area contributed by atoms with Crippen molar-refractivity contribution in [1.29, 1.82) is 0 Å². The van der Waals surface area contributed by atoms with Gasteiger partial charge in [-0.15, -0.1) is 0 Å². The largest absolute Gasteiger partial charge is 0.497 e. The van der Waals surface area contributed by atoms with Gasteiger partial charge in [0.1, 0.15) is 28.9 Å². The smallest absolute Gasteiger partial charge is 0.341 e. The predicted molar refractivity (Wildman–Crippen MR) is 120 cm³/mol. The number of methoxy groups -OCH3 is 3. The predicted octanol–water partition coefficient (Wildman–Crippen LogP) is 3.81. The number of fused-ring (bicyclic) bond motifs is 1. The molecule has 2 aromatic heterocycles. The molecule has 0 aliphatic carbocycles. The van der Waals surface area contributed by atoms with Gasteiger partial charge in [0.25, 0.3) is 0 Å². The minimum atomic E-state index is -0.832. The molecule has 8 nitrogen and oxygen atoms in total. The zero-order chi connectivity index (χ0) is 23.5. The Morgan fingerprint density at radius 1 is 0.818 bits per heavy atom. The molecule has 0 unspecified atom stereocenters. The van der Waals surface area contributed by atoms with E-state index in [0.29, 0.717) is 17.0 Å². The van der Waals surface area contributed by atoms with Gasteiger partial charge in [-0.25, -0.2) is 14.6 Å². The summed E-state index contributed by atoms with van der Waals surface area (Å²) in [5.41, 5.74) is 1.58. The van der Waals surface area contributed by atoms with E-state index < -0.39 is 17.7 Å². The Balaban J connectivity index is 2.04. The Morgan fingerprint density at radius 2 is 1.52 bits per heavy atom. The van der Waals surface area contributed by atoms with Gasteiger partial charge in [-0.05, 0) is 18.2 Å². The molecule has 0 N–H and O–H groups in total. The van der Waals surface area contributed by atoms with E-state index in [1.165, 1.54) is 24.9 Å². The van der Waals surface area contributed by atoms with E-state index in [-0.39, 0.29) is 22.3 Å². The van der Waals surface area contributed by atoms with Crippen molar-refractivity contribution in [2.75, 3.05) is 21.3 Å². The molecule has 0 fully saturated rings. The highest BCUT2D eigenvalue weighted by molar-refractivity contribution is 6.19. The Hall–Kier alpha value is -4.46. The summed E-state index contributed by atoms with van der Waals surface area (Å²) in [4.78, 5) is 43.5. The fourth-order valence-electron chi connectivity index (χ4n) is 3.66. The van der Waals surface area contributed by atoms with Crippen LogP contribution in [0.25, 0.3) is 16.8 Å². The maximum Gasteiger partial charge on any atom is 0.341 e. The lowest BCUT2D eigenvalue weighted by atomic mass is 10.0. The molecule has 0 bridgehead atoms. The fourth-order valence-corrected chi connectivity index (χ4v) is 3.66. The van der Waals surface area contributed by atoms with E-state index in [4.69, 9.17) is 14.2 Å². The van der Waals surface area contributed by atoms with Crippen LogP contribution in [-0.4, -0.2) is 48.4 Å². The van der Waals surface area contributed by atoms with Crippen LogP contribution in [0.15, 0.2) is 67.0 Å². The summed E-state index contributed by atoms with van der Waals surface area (Å²) >= 11 is 0. The van der Waals surface area contributed by atoms with Crippen LogP contribution in [0.1, 0.15) is 36.8 Å². The van der Waals surface area contributed by atoms with Gasteiger partial charge in [-0.3, -0.25) is 9.20 Å². The number of carbonyl (C=O) groups is 3. The van der Waals surface area contributed by atoms with Gasteiger partial charge >= 0.3 is 11.9 Å². The molecular weight excluding hydrogens is 424 g/mol. The van der Waals surface area contributed by atoms with E-state index >= 15 is 0 Å². The second-order valence-electron chi connectivity index (χ2n) is 7.04. The van der Waals surface area contributed by atoms with E-state index in [1.807, 2.05) is 12.1 Å². The first kappa shape index (κ1) is 21.8. The summed E-state index contributed by atoms with van der Waals surface area (Å²) in [5.74, 6) is -1.44. The summed E-state index contributed by atoms with van der Waals surface area (Å²) in [6.07, 6.45) is 1.40. The second kappa shape index (κ2) is 8.96. The fraction of sp³-hybridized carbons (Fsp3) is 0.120. The molecular formula is C25H20N2O6. The maximum atomic E-state index is 13.4. The summed E-state index contributed by atoms with van der Waals surface area (Å²) in [6, 6.07) is 17.3. The number of esters is 2. The molecule has 4 rings (SSSR count). The van der Waals surface area contributed by atoms with Crippen molar-refractivity contribution in [2.24, 2.45) is 0 Å². The highest BCUT2D eigenvalue weighted by Crippen LogP contribution is 2.31. The molecule has 0 saturated carbocycles. The number of benzene rings is 2. The summed E-state index contributed by atoms with van der Waals surface area (Å²) in [7, 11) is 3.94. The topological polar surface area (TPSA) is 96.2 Å². The molecule has 2 heterocycles. The van der Waals surface area contributed by atoms with Gasteiger partial charge in [0.05, 0.1) is 32.5 Å². The third kappa shape index (κ3) is 3.82. The number of ether oxygens (including phenoxy) is 3. The Morgan fingerprint density at radius 3 is 2.18 bits per heavy atom. The van der Waals surface area contributed by atoms with Gasteiger partial charge in [0.15, 0.2) is 0 Å². The van der Waals surface area contributed by atoms with Crippen molar-refractivity contribution in [3.63, 3.8) is 0 Å². The second-order valence-corrected chi connectivity index (χ2v) is 7.04. The first-order valence-corrected chi connectivity index (χ1v) is 9.95. The van der Waals surface area contributed by atoms with E-state index in [1.54, 1.807) is 55.6 Å². The third-order valence-electron chi connectivity index (χ3n) is 5.22. The van der Waals surface area contributed by atoms with Crippen molar-refractivity contribution in [3.05, 3.63) is 89.4 Å². The van der Waals surface area contributed by atoms with Crippen LogP contribution in [0, 0.1) is 0 Å². The van der Waals surface area contributed by atoms with Crippen molar-refractivity contribution >= 4 is 23.2 Å². The first-order valence-electron chi connectivity index (χ1n) is 9.95. The quantitative estimate of drug-likeness (QED) is 0.330. The number of rotatable bonds is 6. The number of hydrogen-bond acceptors (Lipinski definition) is 7. The van der Waals surface area contributed by atoms with Crippen molar-refractivity contribution in [2.45, 2.75) is 0 Å². The summed E-state index contributed by atoms with van der Waals surface area (Å²) in [6.45, 7) is 0. The molecule has 166 valence electrons. The van der Waals surface area contributed by atoms with Gasteiger partial charge in [-0.1, -0.05) is 42.5 Å². The number of ketones is 1. The lowest BCUT2D eigenvalue weighted by Crippen LogP contribution is -2.15. The minimum Gasteiger partial charge on any atom is -0.497 e. The Labute approximate surface area is 189 Å². The molecule has 33 heavy (non-hydrogen) atoms. The highest BCUT2D eigenvalue weighted by Gasteiger charge is 2.33. The standard InChI is InChI=1S/C25H20N2O6/c1-31-17-11-7-10-16(12-17)18-13-19-20(24(29)32-2)21(25(30)33-3)22(27(19)14-26-18)23(28)15-8-5-4-6-9-15/h4-14H,1-3H3. The molecule has 0 aliphatic heterocycles. The average molecular weight is 444 g/mol. The SMILES string of the molecule is COC(=O)c1c(C(=O)OC)c2cc(-c3cccc(OC)c3)ncn2c1C(=O)c1ccccc1. The average Bonchev–Trinajstić information content (AvgIpc) is 3.22. The van der Waals surface area contributed by atoms with Crippen LogP contribution < -0.4 is 4.74 Å². The van der Waals surface area contributed by atoms with Crippen LogP contribution >= 0.6 is 0 Å². The molecule has 0 saturated heterocycles. The van der Waals surface area contributed by atoms with Crippen LogP contribution in [0.2, 0.25) is 0 Å². The Kier molecular flexibility index (Phi) is 5.91. The summed E-state index contributed by atoms with van der Waals surface area (Å²) < 4.78 is 16.6. The van der Waals surface area contributed by atoms with Crippen LogP contribution in [0.3, 0.4) is 0 Å². The molecule has 0 aliphatic rings. The first-order chi connectivity index (χ1) is 16.0. The summed E-state index contributed by atoms with van der Waals surface area (Å²) in [5, 5.41) is 0. The number of carbonyl (C=O) groups excluding carboxylic acids is 3. The molecule has 0 atom stereocenters. The lowest BCUT2D eigenvalue weighted by Gasteiger charge is -2.07. The van der Waals surface area contributed by atoms with Gasteiger partial charge in [0, 0.05) is 11.1 Å². The van der Waals surface area contributed by atoms with Crippen LogP contribution in [-0.2, 0) is 9.47 Å². The monoisotopic (exact) mass is 444 g/mol. The minimum absolute atomic E-state index is 0.0341. The number of nitrogens with zero attached hydrogens (tertiary/aromatic N) is 2. The van der Waals surface area contributed by atoms with Crippen molar-refractivity contribution < 1.29 is 28.6 Å². The maximum absolute atomic E-state index is 13.4. The molecule has 4 aromatic rings. The zero-order valence-corrected chi connectivity index (χ0v) is 18.2. The molecule has 2 aromatic carbocycles. The zero-order valence-electron chi connectivity index (χ0n) is 18.2. The number of hydrogen-bond donors (Lipinski definition) is 0. The number of aromatic nitrogens is 2. The van der Waals surface area contributed by atoms with Gasteiger partial charge < -0.3 is 14.2 Å². The lowest BCUT2D eigenvalue weighted by molar-refractivity contribution is 0.0556. The van der Waals surface area contributed by atoms with Crippen molar-refractivity contribution in [3.8, 4) is 17.0 Å². The Bertz CT molecular complexity index is 1370. The highest BCUT2D eigenvalue weighted by atomic mass is 16.5. The van der Waals surface area contributed by atoms with E-state index in [2.05, 4.69) is 4.98 Å². The molecule has 8 heteroatoms. The van der Waals surface area contributed by atoms with E-state index in [0.717, 1.165) is 5.56 Å². The van der Waals surface area contributed by atoms with E-state index in [9.17, 15) is 14.4 Å². The normalized spacial score (nSPS) is 10.6. The van der Waals surface area contributed by atoms with Crippen molar-refractivity contribution in [1.82, 2.24) is 9.38 Å². The van der Waals surface area contributed by atoms with Gasteiger partial charge in [-0.2, -0.15) is 0 Å². The van der Waals surface area contributed by atoms with Crippen LogP contribution in [0.5, 0.6) is 5.75 Å². The van der Waals surface area contributed by atoms with Gasteiger partial charge in [0.2, 0.25) is 5.78 Å².